The lowest BCUT2D eigenvalue weighted by molar-refractivity contribution is 0.126. The van der Waals surface area contributed by atoms with E-state index < -0.39 is 0 Å². The van der Waals surface area contributed by atoms with Crippen molar-refractivity contribution in [1.82, 2.24) is 14.9 Å². The molecule has 1 aliphatic heterocycles. The number of rotatable bonds is 3. The molecular formula is C11H16ClN3O. The normalized spacial score (nSPS) is 18.9. The maximum Gasteiger partial charge on any atom is 0.147 e. The molecule has 1 saturated heterocycles. The zero-order valence-electron chi connectivity index (χ0n) is 9.14. The molecule has 88 valence electrons. The number of hydrogen-bond acceptors (Lipinski definition) is 4. The second-order valence-corrected chi connectivity index (χ2v) is 4.62. The Labute approximate surface area is 100 Å². The third kappa shape index (κ3) is 3.14. The van der Waals surface area contributed by atoms with E-state index in [1.54, 1.807) is 12.4 Å². The van der Waals surface area contributed by atoms with Crippen LogP contribution < -0.4 is 0 Å². The Bertz CT molecular complexity index is 323. The molecule has 1 aromatic rings. The van der Waals surface area contributed by atoms with Gasteiger partial charge in [0.2, 0.25) is 0 Å². The molecule has 5 heteroatoms. The number of likely N-dealkylation sites (tertiary alicyclic amines) is 1. The summed E-state index contributed by atoms with van der Waals surface area (Å²) < 4.78 is 0. The molecule has 0 amide bonds. The Kier molecular flexibility index (Phi) is 4.09. The molecule has 1 fully saturated rings. The van der Waals surface area contributed by atoms with Crippen molar-refractivity contribution in [3.8, 4) is 0 Å². The summed E-state index contributed by atoms with van der Waals surface area (Å²) in [6.07, 6.45) is 5.44. The van der Waals surface area contributed by atoms with Crippen molar-refractivity contribution in [2.24, 2.45) is 5.92 Å². The maximum atomic E-state index is 9.04. The zero-order chi connectivity index (χ0) is 11.4. The average molecular weight is 242 g/mol. The molecule has 1 aromatic heterocycles. The third-order valence-electron chi connectivity index (χ3n) is 3.02. The average Bonchev–Trinajstić information content (AvgIpc) is 2.33. The van der Waals surface area contributed by atoms with Crippen LogP contribution in [0.4, 0.5) is 0 Å². The molecule has 0 bridgehead atoms. The summed E-state index contributed by atoms with van der Waals surface area (Å²) in [4.78, 5) is 10.6. The largest absolute Gasteiger partial charge is 0.396 e. The standard InChI is InChI=1S/C11H16ClN3O/c12-11-6-13-10(5-14-11)7-15-3-1-9(8-16)2-4-15/h5-6,9,16H,1-4,7-8H2. The number of halogens is 1. The van der Waals surface area contributed by atoms with Crippen molar-refractivity contribution >= 4 is 11.6 Å². The van der Waals surface area contributed by atoms with Crippen LogP contribution in [0.1, 0.15) is 18.5 Å². The summed E-state index contributed by atoms with van der Waals surface area (Å²) >= 11 is 5.68. The number of hydrogen-bond donors (Lipinski definition) is 1. The van der Waals surface area contributed by atoms with Crippen LogP contribution in [-0.4, -0.2) is 39.7 Å². The van der Waals surface area contributed by atoms with Gasteiger partial charge in [-0.2, -0.15) is 0 Å². The molecule has 0 saturated carbocycles. The highest BCUT2D eigenvalue weighted by Gasteiger charge is 2.18. The first-order valence-electron chi connectivity index (χ1n) is 5.57. The quantitative estimate of drug-likeness (QED) is 0.868. The van der Waals surface area contributed by atoms with Crippen LogP contribution >= 0.6 is 11.6 Å². The molecule has 0 aliphatic carbocycles. The van der Waals surface area contributed by atoms with Crippen LogP contribution in [0, 0.1) is 5.92 Å². The predicted octanol–water partition coefficient (Wildman–Crippen LogP) is 1.33. The smallest absolute Gasteiger partial charge is 0.147 e. The van der Waals surface area contributed by atoms with E-state index in [4.69, 9.17) is 16.7 Å². The second-order valence-electron chi connectivity index (χ2n) is 4.23. The number of piperidine rings is 1. The van der Waals surface area contributed by atoms with E-state index in [0.29, 0.717) is 17.7 Å². The summed E-state index contributed by atoms with van der Waals surface area (Å²) in [5.41, 5.74) is 0.951. The first kappa shape index (κ1) is 11.8. The minimum atomic E-state index is 0.314. The highest BCUT2D eigenvalue weighted by atomic mass is 35.5. The van der Waals surface area contributed by atoms with Gasteiger partial charge in [0.25, 0.3) is 0 Å². The molecule has 2 heterocycles. The van der Waals surface area contributed by atoms with E-state index in [1.165, 1.54) is 0 Å². The van der Waals surface area contributed by atoms with Crippen LogP contribution in [0.15, 0.2) is 12.4 Å². The van der Waals surface area contributed by atoms with E-state index in [0.717, 1.165) is 38.2 Å². The molecule has 2 rings (SSSR count). The van der Waals surface area contributed by atoms with Crippen molar-refractivity contribution in [2.75, 3.05) is 19.7 Å². The summed E-state index contributed by atoms with van der Waals surface area (Å²) in [6.45, 7) is 3.18. The Morgan fingerprint density at radius 1 is 1.31 bits per heavy atom. The fourth-order valence-electron chi connectivity index (χ4n) is 1.98. The van der Waals surface area contributed by atoms with Gasteiger partial charge in [-0.3, -0.25) is 9.88 Å². The van der Waals surface area contributed by atoms with Crippen LogP contribution in [-0.2, 0) is 6.54 Å². The third-order valence-corrected chi connectivity index (χ3v) is 3.22. The summed E-state index contributed by atoms with van der Waals surface area (Å²) in [7, 11) is 0. The Balaban J connectivity index is 1.84. The van der Waals surface area contributed by atoms with Crippen LogP contribution in [0.2, 0.25) is 5.15 Å². The van der Waals surface area contributed by atoms with Crippen molar-refractivity contribution < 1.29 is 5.11 Å². The fraction of sp³-hybridized carbons (Fsp3) is 0.636. The Morgan fingerprint density at radius 2 is 2.06 bits per heavy atom. The molecular weight excluding hydrogens is 226 g/mol. The van der Waals surface area contributed by atoms with E-state index in [9.17, 15) is 0 Å². The van der Waals surface area contributed by atoms with Crippen molar-refractivity contribution in [2.45, 2.75) is 19.4 Å². The van der Waals surface area contributed by atoms with Gasteiger partial charge in [0.1, 0.15) is 5.15 Å². The first-order chi connectivity index (χ1) is 7.78. The molecule has 0 atom stereocenters. The first-order valence-corrected chi connectivity index (χ1v) is 5.95. The highest BCUT2D eigenvalue weighted by molar-refractivity contribution is 6.29. The molecule has 0 spiro atoms. The topological polar surface area (TPSA) is 49.2 Å². The second kappa shape index (κ2) is 5.57. The predicted molar refractivity (Wildman–Crippen MR) is 62.1 cm³/mol. The summed E-state index contributed by atoms with van der Waals surface area (Å²) in [5.74, 6) is 0.479. The van der Waals surface area contributed by atoms with Crippen LogP contribution in [0.5, 0.6) is 0 Å². The minimum absolute atomic E-state index is 0.314. The van der Waals surface area contributed by atoms with Gasteiger partial charge in [0.05, 0.1) is 18.1 Å². The molecule has 1 aliphatic rings. The summed E-state index contributed by atoms with van der Waals surface area (Å²) in [5, 5.41) is 9.48. The van der Waals surface area contributed by atoms with Gasteiger partial charge in [-0.15, -0.1) is 0 Å². The van der Waals surface area contributed by atoms with Gasteiger partial charge >= 0.3 is 0 Å². The van der Waals surface area contributed by atoms with E-state index >= 15 is 0 Å². The van der Waals surface area contributed by atoms with Crippen LogP contribution in [0.25, 0.3) is 0 Å². The Morgan fingerprint density at radius 3 is 2.62 bits per heavy atom. The lowest BCUT2D eigenvalue weighted by atomic mass is 9.98. The molecule has 4 nitrogen and oxygen atoms in total. The van der Waals surface area contributed by atoms with Crippen LogP contribution in [0.3, 0.4) is 0 Å². The van der Waals surface area contributed by atoms with Crippen molar-refractivity contribution in [1.29, 1.82) is 0 Å². The van der Waals surface area contributed by atoms with E-state index in [-0.39, 0.29) is 0 Å². The minimum Gasteiger partial charge on any atom is -0.396 e. The van der Waals surface area contributed by atoms with Gasteiger partial charge in [-0.05, 0) is 31.8 Å². The molecule has 1 N–H and O–H groups in total. The Hall–Kier alpha value is -0.710. The lowest BCUT2D eigenvalue weighted by Crippen LogP contribution is -2.34. The molecule has 0 unspecified atom stereocenters. The highest BCUT2D eigenvalue weighted by Crippen LogP contribution is 2.17. The zero-order valence-corrected chi connectivity index (χ0v) is 9.90. The fourth-order valence-corrected chi connectivity index (χ4v) is 2.07. The van der Waals surface area contributed by atoms with Gasteiger partial charge in [0.15, 0.2) is 0 Å². The van der Waals surface area contributed by atoms with Gasteiger partial charge in [-0.1, -0.05) is 11.6 Å². The number of aromatic nitrogens is 2. The van der Waals surface area contributed by atoms with E-state index in [2.05, 4.69) is 14.9 Å². The lowest BCUT2D eigenvalue weighted by Gasteiger charge is -2.30. The van der Waals surface area contributed by atoms with Crippen molar-refractivity contribution in [3.63, 3.8) is 0 Å². The number of aliphatic hydroxyl groups excluding tert-OH is 1. The number of aliphatic hydroxyl groups is 1. The monoisotopic (exact) mass is 241 g/mol. The van der Waals surface area contributed by atoms with Crippen molar-refractivity contribution in [3.05, 3.63) is 23.2 Å². The van der Waals surface area contributed by atoms with Gasteiger partial charge < -0.3 is 5.11 Å². The number of nitrogens with zero attached hydrogens (tertiary/aromatic N) is 3. The molecule has 16 heavy (non-hydrogen) atoms. The maximum absolute atomic E-state index is 9.04. The van der Waals surface area contributed by atoms with Gasteiger partial charge in [-0.25, -0.2) is 4.98 Å². The summed E-state index contributed by atoms with van der Waals surface area (Å²) in [6, 6.07) is 0. The molecule has 0 radical (unpaired) electrons. The molecule has 0 aromatic carbocycles. The van der Waals surface area contributed by atoms with Gasteiger partial charge in [0, 0.05) is 13.2 Å². The van der Waals surface area contributed by atoms with E-state index in [1.807, 2.05) is 0 Å². The SMILES string of the molecule is OCC1CCN(Cc2cnc(Cl)cn2)CC1.